The topological polar surface area (TPSA) is 76.9 Å². The van der Waals surface area contributed by atoms with Crippen molar-refractivity contribution in [2.45, 2.75) is 13.0 Å². The predicted octanol–water partition coefficient (Wildman–Crippen LogP) is 6.65. The second-order valence-corrected chi connectivity index (χ2v) is 9.67. The standard InChI is InChI=1S/C30H22N4O2S/c1-19(33-29-28-26(13-14-31-29)37-18-32-28)25-16-22-9-6-12-24(21-8-5-7-20(15-21)17-35)27(22)30(36)34(25)23-10-3-2-4-11-23/h2-19H,1H3,(H,31,33)/t19-/m0/s1. The number of thiazole rings is 1. The number of para-hydroxylation sites is 1. The van der Waals surface area contributed by atoms with Gasteiger partial charge in [-0.3, -0.25) is 14.2 Å². The maximum absolute atomic E-state index is 14.3. The van der Waals surface area contributed by atoms with Crippen molar-refractivity contribution in [2.75, 3.05) is 5.32 Å². The lowest BCUT2D eigenvalue weighted by molar-refractivity contribution is 0.112. The first kappa shape index (κ1) is 22.8. The molecule has 0 spiro atoms. The van der Waals surface area contributed by atoms with Gasteiger partial charge in [0.05, 0.1) is 21.6 Å². The van der Waals surface area contributed by atoms with Crippen molar-refractivity contribution in [1.82, 2.24) is 14.5 Å². The number of nitrogens with zero attached hydrogens (tertiary/aromatic N) is 3. The maximum Gasteiger partial charge on any atom is 0.263 e. The van der Waals surface area contributed by atoms with Crippen molar-refractivity contribution >= 4 is 44.4 Å². The Morgan fingerprint density at radius 1 is 0.946 bits per heavy atom. The van der Waals surface area contributed by atoms with Crippen LogP contribution >= 0.6 is 11.3 Å². The average Bonchev–Trinajstić information content (AvgIpc) is 3.43. The highest BCUT2D eigenvalue weighted by Crippen LogP contribution is 2.31. The molecule has 0 unspecified atom stereocenters. The van der Waals surface area contributed by atoms with Crippen molar-refractivity contribution in [3.63, 3.8) is 0 Å². The summed E-state index contributed by atoms with van der Waals surface area (Å²) < 4.78 is 2.81. The van der Waals surface area contributed by atoms with Crippen molar-refractivity contribution in [1.29, 1.82) is 0 Å². The van der Waals surface area contributed by atoms with E-state index in [0.29, 0.717) is 16.8 Å². The average molecular weight is 503 g/mol. The van der Waals surface area contributed by atoms with Gasteiger partial charge < -0.3 is 5.32 Å². The van der Waals surface area contributed by atoms with Gasteiger partial charge in [0.2, 0.25) is 0 Å². The second-order valence-electron chi connectivity index (χ2n) is 8.78. The molecular weight excluding hydrogens is 480 g/mol. The Labute approximate surface area is 216 Å². The van der Waals surface area contributed by atoms with Crippen LogP contribution in [-0.4, -0.2) is 20.8 Å². The fourth-order valence-corrected chi connectivity index (χ4v) is 5.41. The molecule has 6 rings (SSSR count). The number of rotatable bonds is 6. The molecule has 6 nitrogen and oxygen atoms in total. The molecule has 1 N–H and O–H groups in total. The molecule has 3 aromatic carbocycles. The predicted molar refractivity (Wildman–Crippen MR) is 150 cm³/mol. The van der Waals surface area contributed by atoms with Gasteiger partial charge in [-0.05, 0) is 53.8 Å². The molecule has 0 amide bonds. The second kappa shape index (κ2) is 9.44. The van der Waals surface area contributed by atoms with Crippen molar-refractivity contribution in [3.8, 4) is 16.8 Å². The lowest BCUT2D eigenvalue weighted by Gasteiger charge is -2.22. The lowest BCUT2D eigenvalue weighted by Crippen LogP contribution is -2.26. The number of hydrogen-bond donors (Lipinski definition) is 1. The number of pyridine rings is 2. The number of nitrogens with one attached hydrogen (secondary N) is 1. The molecule has 0 aliphatic carbocycles. The maximum atomic E-state index is 14.3. The zero-order chi connectivity index (χ0) is 25.4. The van der Waals surface area contributed by atoms with E-state index in [2.05, 4.69) is 21.4 Å². The molecule has 0 saturated carbocycles. The molecule has 0 fully saturated rings. The van der Waals surface area contributed by atoms with E-state index < -0.39 is 0 Å². The van der Waals surface area contributed by atoms with Gasteiger partial charge in [-0.2, -0.15) is 0 Å². The number of benzene rings is 3. The Balaban J connectivity index is 1.57. The van der Waals surface area contributed by atoms with Gasteiger partial charge in [0.25, 0.3) is 5.56 Å². The van der Waals surface area contributed by atoms with Crippen molar-refractivity contribution in [2.24, 2.45) is 0 Å². The van der Waals surface area contributed by atoms with Gasteiger partial charge in [0.15, 0.2) is 5.82 Å². The molecule has 0 aliphatic heterocycles. The molecule has 0 aliphatic rings. The van der Waals surface area contributed by atoms with Gasteiger partial charge in [-0.15, -0.1) is 11.3 Å². The number of carbonyl (C=O) groups excluding carboxylic acids is 1. The minimum absolute atomic E-state index is 0.126. The number of hydrogen-bond acceptors (Lipinski definition) is 6. The number of fused-ring (bicyclic) bond motifs is 2. The summed E-state index contributed by atoms with van der Waals surface area (Å²) >= 11 is 1.56. The van der Waals surface area contributed by atoms with E-state index in [4.69, 9.17) is 0 Å². The van der Waals surface area contributed by atoms with Crippen LogP contribution in [0.1, 0.15) is 29.0 Å². The smallest absolute Gasteiger partial charge is 0.263 e. The monoisotopic (exact) mass is 502 g/mol. The van der Waals surface area contributed by atoms with Crippen LogP contribution in [0.15, 0.2) is 101 Å². The van der Waals surface area contributed by atoms with Gasteiger partial charge in [0.1, 0.15) is 11.8 Å². The largest absolute Gasteiger partial charge is 0.360 e. The first-order chi connectivity index (χ1) is 18.1. The van der Waals surface area contributed by atoms with Gasteiger partial charge in [-0.25, -0.2) is 9.97 Å². The van der Waals surface area contributed by atoms with E-state index in [1.165, 1.54) is 0 Å². The van der Waals surface area contributed by atoms with E-state index in [-0.39, 0.29) is 11.6 Å². The van der Waals surface area contributed by atoms with Crippen LogP contribution in [0.2, 0.25) is 0 Å². The van der Waals surface area contributed by atoms with Gasteiger partial charge in [-0.1, -0.05) is 54.6 Å². The summed E-state index contributed by atoms with van der Waals surface area (Å²) in [5.41, 5.74) is 6.24. The fourth-order valence-electron chi connectivity index (χ4n) is 4.74. The fraction of sp³-hybridized carbons (Fsp3) is 0.0667. The highest BCUT2D eigenvalue weighted by Gasteiger charge is 2.20. The quantitative estimate of drug-likeness (QED) is 0.258. The number of aldehydes is 1. The van der Waals surface area contributed by atoms with E-state index in [1.807, 2.05) is 79.7 Å². The zero-order valence-electron chi connectivity index (χ0n) is 20.0. The Kier molecular flexibility index (Phi) is 5.82. The third-order valence-corrected chi connectivity index (χ3v) is 7.26. The van der Waals surface area contributed by atoms with Crippen LogP contribution in [0.5, 0.6) is 0 Å². The molecule has 3 heterocycles. The summed E-state index contributed by atoms with van der Waals surface area (Å²) in [5, 5.41) is 4.92. The summed E-state index contributed by atoms with van der Waals surface area (Å²) in [6.07, 6.45) is 2.58. The minimum atomic E-state index is -0.251. The molecule has 0 radical (unpaired) electrons. The summed E-state index contributed by atoms with van der Waals surface area (Å²) in [6.45, 7) is 2.02. The van der Waals surface area contributed by atoms with Crippen LogP contribution in [0.3, 0.4) is 0 Å². The van der Waals surface area contributed by atoms with Crippen LogP contribution in [0, 0.1) is 0 Å². The van der Waals surface area contributed by atoms with Crippen molar-refractivity contribution < 1.29 is 4.79 Å². The van der Waals surface area contributed by atoms with E-state index in [9.17, 15) is 9.59 Å². The Morgan fingerprint density at radius 3 is 2.62 bits per heavy atom. The highest BCUT2D eigenvalue weighted by atomic mass is 32.1. The normalized spacial score (nSPS) is 12.0. The van der Waals surface area contributed by atoms with Crippen molar-refractivity contribution in [3.05, 3.63) is 118 Å². The highest BCUT2D eigenvalue weighted by molar-refractivity contribution is 7.16. The Morgan fingerprint density at radius 2 is 1.78 bits per heavy atom. The van der Waals surface area contributed by atoms with Crippen LogP contribution in [-0.2, 0) is 0 Å². The first-order valence-corrected chi connectivity index (χ1v) is 12.8. The number of anilines is 1. The summed E-state index contributed by atoms with van der Waals surface area (Å²) in [5.74, 6) is 0.679. The molecular formula is C30H22N4O2S. The minimum Gasteiger partial charge on any atom is -0.360 e. The van der Waals surface area contributed by atoms with E-state index in [0.717, 1.165) is 44.4 Å². The molecule has 1 atom stereocenters. The molecule has 0 bridgehead atoms. The first-order valence-electron chi connectivity index (χ1n) is 11.9. The summed E-state index contributed by atoms with van der Waals surface area (Å²) in [7, 11) is 0. The molecule has 37 heavy (non-hydrogen) atoms. The molecule has 3 aromatic heterocycles. The SMILES string of the molecule is C[C@H](Nc1nccc2scnc12)c1cc2cccc(-c3cccc(C=O)c3)c2c(=O)n1-c1ccccc1. The Hall–Kier alpha value is -4.62. The summed E-state index contributed by atoms with van der Waals surface area (Å²) in [4.78, 5) is 34.7. The number of aromatic nitrogens is 3. The summed E-state index contributed by atoms with van der Waals surface area (Å²) in [6, 6.07) is 26.5. The van der Waals surface area contributed by atoms with E-state index >= 15 is 0 Å². The lowest BCUT2D eigenvalue weighted by atomic mass is 9.97. The Bertz CT molecular complexity index is 1830. The zero-order valence-corrected chi connectivity index (χ0v) is 20.8. The molecule has 180 valence electrons. The van der Waals surface area contributed by atoms with Crippen LogP contribution < -0.4 is 10.9 Å². The van der Waals surface area contributed by atoms with Gasteiger partial charge >= 0.3 is 0 Å². The third-order valence-electron chi connectivity index (χ3n) is 6.47. The molecule has 7 heteroatoms. The third kappa shape index (κ3) is 4.09. The van der Waals surface area contributed by atoms with Crippen LogP contribution in [0.4, 0.5) is 5.82 Å². The molecule has 0 saturated heterocycles. The van der Waals surface area contributed by atoms with E-state index in [1.54, 1.807) is 33.7 Å². The van der Waals surface area contributed by atoms with Crippen LogP contribution in [0.25, 0.3) is 37.8 Å². The van der Waals surface area contributed by atoms with Gasteiger partial charge in [0, 0.05) is 23.1 Å². The molecule has 6 aromatic rings. The number of carbonyl (C=O) groups is 1.